The highest BCUT2D eigenvalue weighted by atomic mass is 127. The van der Waals surface area contributed by atoms with E-state index in [1.165, 1.54) is 0 Å². The molecule has 1 amide bonds. The molecule has 0 spiro atoms. The Hall–Kier alpha value is -2.83. The van der Waals surface area contributed by atoms with E-state index in [4.69, 9.17) is 9.47 Å². The molecule has 3 aromatic rings. The van der Waals surface area contributed by atoms with E-state index in [-0.39, 0.29) is 5.57 Å². The van der Waals surface area contributed by atoms with Crippen LogP contribution in [0.15, 0.2) is 70.7 Å². The van der Waals surface area contributed by atoms with Gasteiger partial charge in [-0.05, 0) is 77.9 Å². The molecule has 7 heteroatoms. The lowest BCUT2D eigenvalue weighted by atomic mass is 10.1. The molecule has 0 saturated carbocycles. The van der Waals surface area contributed by atoms with Gasteiger partial charge in [0.25, 0.3) is 5.91 Å². The highest BCUT2D eigenvalue weighted by molar-refractivity contribution is 14.1. The van der Waals surface area contributed by atoms with Crippen LogP contribution in [0.4, 0.5) is 5.69 Å². The zero-order chi connectivity index (χ0) is 23.8. The summed E-state index contributed by atoms with van der Waals surface area (Å²) >= 11 is 5.71. The van der Waals surface area contributed by atoms with Crippen LogP contribution < -0.4 is 14.8 Å². The molecule has 0 fully saturated rings. The molecule has 0 atom stereocenters. The van der Waals surface area contributed by atoms with Crippen molar-refractivity contribution in [2.75, 3.05) is 11.9 Å². The van der Waals surface area contributed by atoms with E-state index in [0.717, 1.165) is 19.2 Å². The van der Waals surface area contributed by atoms with Gasteiger partial charge in [-0.2, -0.15) is 5.26 Å². The van der Waals surface area contributed by atoms with Gasteiger partial charge in [-0.15, -0.1) is 0 Å². The van der Waals surface area contributed by atoms with Crippen LogP contribution in [0, 0.1) is 21.8 Å². The number of amides is 1. The highest BCUT2D eigenvalue weighted by Gasteiger charge is 2.15. The third-order valence-electron chi connectivity index (χ3n) is 4.73. The molecule has 0 aliphatic rings. The first kappa shape index (κ1) is 24.8. The van der Waals surface area contributed by atoms with Gasteiger partial charge in [-0.1, -0.05) is 52.3 Å². The quantitative estimate of drug-likeness (QED) is 0.170. The van der Waals surface area contributed by atoms with Gasteiger partial charge in [0.15, 0.2) is 11.5 Å². The number of anilines is 1. The number of aryl methyl sites for hydroxylation is 1. The zero-order valence-electron chi connectivity index (χ0n) is 18.2. The molecule has 3 rings (SSSR count). The van der Waals surface area contributed by atoms with Crippen molar-refractivity contribution >= 4 is 56.2 Å². The summed E-state index contributed by atoms with van der Waals surface area (Å²) in [4.78, 5) is 12.7. The Kier molecular flexibility index (Phi) is 8.92. The second kappa shape index (κ2) is 11.9. The summed E-state index contributed by atoms with van der Waals surface area (Å²) in [7, 11) is 0. The fourth-order valence-corrected chi connectivity index (χ4v) is 4.24. The summed E-state index contributed by atoms with van der Waals surface area (Å²) in [5, 5.41) is 12.4. The van der Waals surface area contributed by atoms with Gasteiger partial charge in [-0.25, -0.2) is 0 Å². The molecule has 5 nitrogen and oxygen atoms in total. The number of hydrogen-bond acceptors (Lipinski definition) is 4. The van der Waals surface area contributed by atoms with Crippen molar-refractivity contribution in [3.63, 3.8) is 0 Å². The van der Waals surface area contributed by atoms with E-state index in [1.807, 2.05) is 68.4 Å². The standard InChI is InChI=1S/C26H22BrIN2O3/c1-3-32-24-14-18(12-20(15-29)26(31)30-23-11-7-4-8-17(23)2)13-22(28)25(24)33-16-19-9-5-6-10-21(19)27/h4-14H,3,16H2,1-2H3,(H,30,31)/b20-12+. The SMILES string of the molecule is CCOc1cc(/C=C(\C#N)C(=O)Nc2ccccc2C)cc(I)c1OCc1ccccc1Br. The summed E-state index contributed by atoms with van der Waals surface area (Å²) in [6.07, 6.45) is 1.55. The number of para-hydroxylation sites is 1. The predicted octanol–water partition coefficient (Wildman–Crippen LogP) is 6.89. The second-order valence-corrected chi connectivity index (χ2v) is 9.10. The van der Waals surface area contributed by atoms with Gasteiger partial charge < -0.3 is 14.8 Å². The first-order valence-corrected chi connectivity index (χ1v) is 12.1. The molecule has 0 saturated heterocycles. The molecule has 0 heterocycles. The van der Waals surface area contributed by atoms with Gasteiger partial charge in [0.1, 0.15) is 18.2 Å². The fourth-order valence-electron chi connectivity index (χ4n) is 3.06. The summed E-state index contributed by atoms with van der Waals surface area (Å²) in [6, 6.07) is 20.9. The topological polar surface area (TPSA) is 71.3 Å². The van der Waals surface area contributed by atoms with Crippen LogP contribution in [0.25, 0.3) is 6.08 Å². The maximum Gasteiger partial charge on any atom is 0.266 e. The van der Waals surface area contributed by atoms with Crippen molar-refractivity contribution in [1.82, 2.24) is 0 Å². The minimum Gasteiger partial charge on any atom is -0.490 e. The number of nitriles is 1. The minimum atomic E-state index is -0.464. The van der Waals surface area contributed by atoms with Crippen molar-refractivity contribution < 1.29 is 14.3 Å². The highest BCUT2D eigenvalue weighted by Crippen LogP contribution is 2.36. The Morgan fingerprint density at radius 2 is 1.88 bits per heavy atom. The van der Waals surface area contributed by atoms with Crippen LogP contribution in [-0.4, -0.2) is 12.5 Å². The maximum atomic E-state index is 12.7. The number of hydrogen-bond donors (Lipinski definition) is 1. The molecule has 1 N–H and O–H groups in total. The summed E-state index contributed by atoms with van der Waals surface area (Å²) < 4.78 is 13.7. The number of nitrogens with zero attached hydrogens (tertiary/aromatic N) is 1. The van der Waals surface area contributed by atoms with Crippen LogP contribution in [0.1, 0.15) is 23.6 Å². The predicted molar refractivity (Wildman–Crippen MR) is 142 cm³/mol. The van der Waals surface area contributed by atoms with E-state index >= 15 is 0 Å². The van der Waals surface area contributed by atoms with Gasteiger partial charge in [0.05, 0.1) is 10.2 Å². The number of halogens is 2. The largest absolute Gasteiger partial charge is 0.490 e. The average Bonchev–Trinajstić information content (AvgIpc) is 2.79. The van der Waals surface area contributed by atoms with E-state index in [2.05, 4.69) is 43.8 Å². The smallest absolute Gasteiger partial charge is 0.266 e. The number of carbonyl (C=O) groups is 1. The Balaban J connectivity index is 1.87. The van der Waals surface area contributed by atoms with Gasteiger partial charge in [-0.3, -0.25) is 4.79 Å². The van der Waals surface area contributed by atoms with Crippen LogP contribution in [0.2, 0.25) is 0 Å². The van der Waals surface area contributed by atoms with Crippen molar-refractivity contribution in [2.45, 2.75) is 20.5 Å². The molecule has 0 radical (unpaired) electrons. The van der Waals surface area contributed by atoms with Gasteiger partial charge in [0.2, 0.25) is 0 Å². The Labute approximate surface area is 215 Å². The maximum absolute atomic E-state index is 12.7. The monoisotopic (exact) mass is 616 g/mol. The molecular formula is C26H22BrIN2O3. The molecule has 33 heavy (non-hydrogen) atoms. The third-order valence-corrected chi connectivity index (χ3v) is 6.31. The Morgan fingerprint density at radius 1 is 1.15 bits per heavy atom. The van der Waals surface area contributed by atoms with Gasteiger partial charge >= 0.3 is 0 Å². The molecule has 0 aliphatic heterocycles. The van der Waals surface area contributed by atoms with E-state index in [1.54, 1.807) is 18.2 Å². The molecule has 3 aromatic carbocycles. The number of carbonyl (C=O) groups excluding carboxylic acids is 1. The van der Waals surface area contributed by atoms with Crippen LogP contribution in [-0.2, 0) is 11.4 Å². The number of benzene rings is 3. The minimum absolute atomic E-state index is 0.00149. The van der Waals surface area contributed by atoms with Crippen LogP contribution in [0.3, 0.4) is 0 Å². The Morgan fingerprint density at radius 3 is 2.58 bits per heavy atom. The lowest BCUT2D eigenvalue weighted by molar-refractivity contribution is -0.112. The zero-order valence-corrected chi connectivity index (χ0v) is 21.9. The lowest BCUT2D eigenvalue weighted by Gasteiger charge is -2.15. The normalized spacial score (nSPS) is 10.9. The first-order valence-electron chi connectivity index (χ1n) is 10.2. The average molecular weight is 617 g/mol. The van der Waals surface area contributed by atoms with Gasteiger partial charge in [0, 0.05) is 15.7 Å². The Bertz CT molecular complexity index is 1230. The van der Waals surface area contributed by atoms with E-state index in [0.29, 0.717) is 36.0 Å². The second-order valence-electron chi connectivity index (χ2n) is 7.08. The van der Waals surface area contributed by atoms with Crippen molar-refractivity contribution in [1.29, 1.82) is 5.26 Å². The molecular weight excluding hydrogens is 595 g/mol. The fraction of sp³-hybridized carbons (Fsp3) is 0.154. The van der Waals surface area contributed by atoms with Crippen LogP contribution in [0.5, 0.6) is 11.5 Å². The van der Waals surface area contributed by atoms with Crippen molar-refractivity contribution in [3.05, 3.63) is 91.0 Å². The summed E-state index contributed by atoms with van der Waals surface area (Å²) in [6.45, 7) is 4.61. The first-order chi connectivity index (χ1) is 15.9. The summed E-state index contributed by atoms with van der Waals surface area (Å²) in [5.74, 6) is 0.710. The number of ether oxygens (including phenoxy) is 2. The van der Waals surface area contributed by atoms with Crippen LogP contribution >= 0.6 is 38.5 Å². The summed E-state index contributed by atoms with van der Waals surface area (Å²) in [5.41, 5.74) is 3.28. The third kappa shape index (κ3) is 6.59. The molecule has 0 unspecified atom stereocenters. The number of rotatable bonds is 8. The number of nitrogens with one attached hydrogen (secondary N) is 1. The molecule has 0 bridgehead atoms. The van der Waals surface area contributed by atoms with Crippen molar-refractivity contribution in [3.8, 4) is 17.6 Å². The van der Waals surface area contributed by atoms with E-state index < -0.39 is 5.91 Å². The molecule has 0 aliphatic carbocycles. The van der Waals surface area contributed by atoms with Crippen molar-refractivity contribution in [2.24, 2.45) is 0 Å². The molecule has 0 aromatic heterocycles. The lowest BCUT2D eigenvalue weighted by Crippen LogP contribution is -2.14. The molecule has 168 valence electrons. The van der Waals surface area contributed by atoms with E-state index in [9.17, 15) is 10.1 Å².